The Morgan fingerprint density at radius 3 is 2.61 bits per heavy atom. The number of hydrogen-bond acceptors (Lipinski definition) is 2. The van der Waals surface area contributed by atoms with Crippen LogP contribution in [0.1, 0.15) is 41.6 Å². The van der Waals surface area contributed by atoms with Crippen molar-refractivity contribution in [3.63, 3.8) is 0 Å². The third-order valence-corrected chi connectivity index (χ3v) is 3.83. The number of amides is 1. The van der Waals surface area contributed by atoms with Crippen LogP contribution in [-0.4, -0.2) is 19.0 Å². The third-order valence-electron chi connectivity index (χ3n) is 3.52. The van der Waals surface area contributed by atoms with Crippen LogP contribution in [-0.2, 0) is 0 Å². The predicted octanol–water partition coefficient (Wildman–Crippen LogP) is 3.36. The maximum Gasteiger partial charge on any atom is 0.253 e. The van der Waals surface area contributed by atoms with Gasteiger partial charge in [0.1, 0.15) is 0 Å². The Hall–Kier alpha value is -1.22. The van der Waals surface area contributed by atoms with E-state index in [1.807, 2.05) is 20.0 Å². The minimum absolute atomic E-state index is 0.0577. The summed E-state index contributed by atoms with van der Waals surface area (Å²) in [6.07, 6.45) is 4.57. The number of hydrogen-bond donors (Lipinski definition) is 2. The molecule has 18 heavy (non-hydrogen) atoms. The van der Waals surface area contributed by atoms with E-state index in [1.165, 1.54) is 12.8 Å². The Morgan fingerprint density at radius 2 is 2.00 bits per heavy atom. The van der Waals surface area contributed by atoms with Crippen molar-refractivity contribution in [2.75, 3.05) is 12.4 Å². The second-order valence-electron chi connectivity index (χ2n) is 4.85. The molecule has 4 heteroatoms. The summed E-state index contributed by atoms with van der Waals surface area (Å²) in [6.45, 7) is 1.97. The van der Waals surface area contributed by atoms with Crippen molar-refractivity contribution in [1.82, 2.24) is 5.32 Å². The molecule has 3 nitrogen and oxygen atoms in total. The molecule has 98 valence electrons. The van der Waals surface area contributed by atoms with Crippen LogP contribution in [0.2, 0.25) is 5.02 Å². The molecule has 2 N–H and O–H groups in total. The molecule has 0 aromatic heterocycles. The Bertz CT molecular complexity index is 453. The molecular formula is C14H19ClN2O. The molecule has 0 unspecified atom stereocenters. The van der Waals surface area contributed by atoms with Gasteiger partial charge in [-0.15, -0.1) is 0 Å². The molecule has 1 fully saturated rings. The largest absolute Gasteiger partial charge is 0.388 e. The van der Waals surface area contributed by atoms with Gasteiger partial charge in [-0.1, -0.05) is 24.4 Å². The van der Waals surface area contributed by atoms with Crippen LogP contribution in [0.15, 0.2) is 12.1 Å². The molecule has 0 aliphatic heterocycles. The molecule has 0 bridgehead atoms. The predicted molar refractivity (Wildman–Crippen MR) is 75.5 cm³/mol. The summed E-state index contributed by atoms with van der Waals surface area (Å²) in [5, 5.41) is 6.62. The monoisotopic (exact) mass is 266 g/mol. The second kappa shape index (κ2) is 5.61. The first-order chi connectivity index (χ1) is 8.61. The SMILES string of the molecule is CNc1cc(Cl)c(C(=O)NC2CCCC2)cc1C. The maximum atomic E-state index is 12.2. The van der Waals surface area contributed by atoms with Crippen LogP contribution >= 0.6 is 11.6 Å². The number of aryl methyl sites for hydroxylation is 1. The van der Waals surface area contributed by atoms with Crippen molar-refractivity contribution in [3.8, 4) is 0 Å². The topological polar surface area (TPSA) is 41.1 Å². The lowest BCUT2D eigenvalue weighted by Gasteiger charge is -2.14. The molecule has 0 radical (unpaired) electrons. The molecule has 1 aliphatic rings. The quantitative estimate of drug-likeness (QED) is 0.881. The molecule has 1 amide bonds. The van der Waals surface area contributed by atoms with Gasteiger partial charge in [0.05, 0.1) is 10.6 Å². The standard InChI is InChI=1S/C14H19ClN2O/c1-9-7-11(12(15)8-13(9)16-2)14(18)17-10-5-3-4-6-10/h7-8,10,16H,3-6H2,1-2H3,(H,17,18). The van der Waals surface area contributed by atoms with E-state index in [0.29, 0.717) is 16.6 Å². The van der Waals surface area contributed by atoms with Crippen LogP contribution in [0, 0.1) is 6.92 Å². The number of halogens is 1. The van der Waals surface area contributed by atoms with E-state index >= 15 is 0 Å². The summed E-state index contributed by atoms with van der Waals surface area (Å²) in [4.78, 5) is 12.2. The number of benzene rings is 1. The fraction of sp³-hybridized carbons (Fsp3) is 0.500. The molecular weight excluding hydrogens is 248 g/mol. The molecule has 1 aromatic rings. The van der Waals surface area contributed by atoms with E-state index in [4.69, 9.17) is 11.6 Å². The van der Waals surface area contributed by atoms with E-state index in [0.717, 1.165) is 24.1 Å². The van der Waals surface area contributed by atoms with E-state index < -0.39 is 0 Å². The zero-order valence-electron chi connectivity index (χ0n) is 10.8. The van der Waals surface area contributed by atoms with Crippen molar-refractivity contribution in [3.05, 3.63) is 28.3 Å². The molecule has 1 saturated carbocycles. The van der Waals surface area contributed by atoms with Gasteiger partial charge in [0.25, 0.3) is 5.91 Å². The first kappa shape index (κ1) is 13.2. The van der Waals surface area contributed by atoms with Crippen molar-refractivity contribution in [2.45, 2.75) is 38.6 Å². The zero-order chi connectivity index (χ0) is 13.1. The number of anilines is 1. The summed E-state index contributed by atoms with van der Waals surface area (Å²) in [7, 11) is 1.84. The van der Waals surface area contributed by atoms with Crippen LogP contribution in [0.25, 0.3) is 0 Å². The molecule has 1 aromatic carbocycles. The van der Waals surface area contributed by atoms with Gasteiger partial charge in [0.2, 0.25) is 0 Å². The summed E-state index contributed by atoms with van der Waals surface area (Å²) >= 11 is 6.16. The third kappa shape index (κ3) is 2.78. The first-order valence-corrected chi connectivity index (χ1v) is 6.78. The highest BCUT2D eigenvalue weighted by molar-refractivity contribution is 6.34. The molecule has 0 saturated heterocycles. The smallest absolute Gasteiger partial charge is 0.253 e. The minimum Gasteiger partial charge on any atom is -0.388 e. The zero-order valence-corrected chi connectivity index (χ0v) is 11.6. The van der Waals surface area contributed by atoms with Gasteiger partial charge in [-0.25, -0.2) is 0 Å². The Morgan fingerprint density at radius 1 is 1.33 bits per heavy atom. The summed E-state index contributed by atoms with van der Waals surface area (Å²) < 4.78 is 0. The first-order valence-electron chi connectivity index (χ1n) is 6.40. The second-order valence-corrected chi connectivity index (χ2v) is 5.26. The van der Waals surface area contributed by atoms with Gasteiger partial charge in [0.15, 0.2) is 0 Å². The van der Waals surface area contributed by atoms with Crippen molar-refractivity contribution in [1.29, 1.82) is 0 Å². The summed E-state index contributed by atoms with van der Waals surface area (Å²) in [6, 6.07) is 3.97. The van der Waals surface area contributed by atoms with Gasteiger partial charge in [-0.2, -0.15) is 0 Å². The number of nitrogens with one attached hydrogen (secondary N) is 2. The fourth-order valence-corrected chi connectivity index (χ4v) is 2.71. The van der Waals surface area contributed by atoms with Gasteiger partial charge >= 0.3 is 0 Å². The van der Waals surface area contributed by atoms with Gasteiger partial charge < -0.3 is 10.6 Å². The maximum absolute atomic E-state index is 12.2. The molecule has 0 spiro atoms. The number of carbonyl (C=O) groups is 1. The Labute approximate surface area is 113 Å². The highest BCUT2D eigenvalue weighted by Gasteiger charge is 2.19. The van der Waals surface area contributed by atoms with Crippen molar-refractivity contribution >= 4 is 23.2 Å². The van der Waals surface area contributed by atoms with Crippen LogP contribution in [0.4, 0.5) is 5.69 Å². The average Bonchev–Trinajstić information content (AvgIpc) is 2.84. The van der Waals surface area contributed by atoms with E-state index in [2.05, 4.69) is 10.6 Å². The number of carbonyl (C=O) groups excluding carboxylic acids is 1. The Kier molecular flexibility index (Phi) is 4.12. The summed E-state index contributed by atoms with van der Waals surface area (Å²) in [5.41, 5.74) is 2.55. The molecule has 0 heterocycles. The summed E-state index contributed by atoms with van der Waals surface area (Å²) in [5.74, 6) is -0.0577. The highest BCUT2D eigenvalue weighted by Crippen LogP contribution is 2.25. The van der Waals surface area contributed by atoms with E-state index in [-0.39, 0.29) is 5.91 Å². The van der Waals surface area contributed by atoms with Crippen molar-refractivity contribution in [2.24, 2.45) is 0 Å². The van der Waals surface area contributed by atoms with Crippen LogP contribution in [0.5, 0.6) is 0 Å². The highest BCUT2D eigenvalue weighted by atomic mass is 35.5. The van der Waals surface area contributed by atoms with Crippen LogP contribution in [0.3, 0.4) is 0 Å². The van der Waals surface area contributed by atoms with Gasteiger partial charge in [-0.05, 0) is 37.5 Å². The molecule has 2 rings (SSSR count). The molecule has 1 aliphatic carbocycles. The normalized spacial score (nSPS) is 15.7. The van der Waals surface area contributed by atoms with Crippen molar-refractivity contribution < 1.29 is 4.79 Å². The lowest BCUT2D eigenvalue weighted by Crippen LogP contribution is -2.32. The number of rotatable bonds is 3. The van der Waals surface area contributed by atoms with Crippen LogP contribution < -0.4 is 10.6 Å². The lowest BCUT2D eigenvalue weighted by atomic mass is 10.1. The molecule has 0 atom stereocenters. The Balaban J connectivity index is 2.16. The lowest BCUT2D eigenvalue weighted by molar-refractivity contribution is 0.0938. The average molecular weight is 267 g/mol. The van der Waals surface area contributed by atoms with E-state index in [9.17, 15) is 4.79 Å². The van der Waals surface area contributed by atoms with Gasteiger partial charge in [0, 0.05) is 18.8 Å². The van der Waals surface area contributed by atoms with E-state index in [1.54, 1.807) is 6.07 Å². The van der Waals surface area contributed by atoms with Gasteiger partial charge in [-0.3, -0.25) is 4.79 Å². The fourth-order valence-electron chi connectivity index (χ4n) is 2.46. The minimum atomic E-state index is -0.0577.